The molecule has 1 amide bonds. The summed E-state index contributed by atoms with van der Waals surface area (Å²) >= 11 is 0. The Bertz CT molecular complexity index is 706. The van der Waals surface area contributed by atoms with Crippen LogP contribution in [-0.2, 0) is 4.74 Å². The molecule has 0 radical (unpaired) electrons. The first-order valence-corrected chi connectivity index (χ1v) is 8.87. The van der Waals surface area contributed by atoms with E-state index >= 15 is 0 Å². The summed E-state index contributed by atoms with van der Waals surface area (Å²) in [5, 5.41) is 3.13. The van der Waals surface area contributed by atoms with Crippen LogP contribution >= 0.6 is 0 Å². The predicted octanol–water partition coefficient (Wildman–Crippen LogP) is 3.11. The maximum absolute atomic E-state index is 12.6. The number of ether oxygens (including phenoxy) is 1. The van der Waals surface area contributed by atoms with Gasteiger partial charge in [-0.2, -0.15) is 0 Å². The highest BCUT2D eigenvalue weighted by atomic mass is 16.5. The molecule has 1 aliphatic heterocycles. The lowest BCUT2D eigenvalue weighted by molar-refractivity contribution is 0.0162. The van der Waals surface area contributed by atoms with Crippen molar-refractivity contribution in [3.8, 4) is 0 Å². The Morgan fingerprint density at radius 1 is 1.08 bits per heavy atom. The van der Waals surface area contributed by atoms with E-state index in [2.05, 4.69) is 41.4 Å². The summed E-state index contributed by atoms with van der Waals surface area (Å²) in [4.78, 5) is 15.0. The molecule has 4 heteroatoms. The van der Waals surface area contributed by atoms with Gasteiger partial charge in [-0.25, -0.2) is 0 Å². The summed E-state index contributed by atoms with van der Waals surface area (Å²) in [6.45, 7) is 7.91. The summed E-state index contributed by atoms with van der Waals surface area (Å²) in [5.74, 6) is -0.0107. The Labute approximate surface area is 149 Å². The lowest BCUT2D eigenvalue weighted by atomic mass is 10.0. The fourth-order valence-corrected chi connectivity index (χ4v) is 3.25. The van der Waals surface area contributed by atoms with E-state index in [1.165, 1.54) is 11.1 Å². The van der Waals surface area contributed by atoms with Crippen LogP contribution in [0.2, 0.25) is 0 Å². The van der Waals surface area contributed by atoms with E-state index in [0.29, 0.717) is 6.54 Å². The molecule has 1 saturated heterocycles. The first-order chi connectivity index (χ1) is 12.1. The standard InChI is InChI=1S/C21H26N2O2/c1-16-7-9-18(10-8-16)20(23-11-13-25-14-12-23)15-22-21(24)19-6-4-3-5-17(19)2/h3-10,20H,11-15H2,1-2H3,(H,22,24)/t20-/m0/s1. The monoisotopic (exact) mass is 338 g/mol. The minimum atomic E-state index is -0.0107. The van der Waals surface area contributed by atoms with Crippen LogP contribution in [0, 0.1) is 13.8 Å². The first-order valence-electron chi connectivity index (χ1n) is 8.87. The van der Waals surface area contributed by atoms with E-state index in [0.717, 1.165) is 37.4 Å². The van der Waals surface area contributed by atoms with Gasteiger partial charge < -0.3 is 10.1 Å². The van der Waals surface area contributed by atoms with Crippen molar-refractivity contribution in [2.45, 2.75) is 19.9 Å². The number of hydrogen-bond donors (Lipinski definition) is 1. The van der Waals surface area contributed by atoms with Crippen LogP contribution in [0.15, 0.2) is 48.5 Å². The third-order valence-corrected chi connectivity index (χ3v) is 4.79. The van der Waals surface area contributed by atoms with Crippen LogP contribution in [0.25, 0.3) is 0 Å². The third-order valence-electron chi connectivity index (χ3n) is 4.79. The second-order valence-electron chi connectivity index (χ2n) is 6.60. The number of hydrogen-bond acceptors (Lipinski definition) is 3. The number of aryl methyl sites for hydroxylation is 2. The normalized spacial score (nSPS) is 16.4. The first kappa shape index (κ1) is 17.6. The number of nitrogens with zero attached hydrogens (tertiary/aromatic N) is 1. The van der Waals surface area contributed by atoms with Crippen molar-refractivity contribution in [3.63, 3.8) is 0 Å². The Morgan fingerprint density at radius 3 is 2.44 bits per heavy atom. The average Bonchev–Trinajstić information content (AvgIpc) is 2.64. The number of carbonyl (C=O) groups excluding carboxylic acids is 1. The summed E-state index contributed by atoms with van der Waals surface area (Å²) in [6, 6.07) is 16.4. The van der Waals surface area contributed by atoms with Gasteiger partial charge in [0.25, 0.3) is 5.91 Å². The van der Waals surface area contributed by atoms with Crippen molar-refractivity contribution in [2.24, 2.45) is 0 Å². The van der Waals surface area contributed by atoms with Gasteiger partial charge in [0.1, 0.15) is 0 Å². The van der Waals surface area contributed by atoms with Gasteiger partial charge in [0.15, 0.2) is 0 Å². The fourth-order valence-electron chi connectivity index (χ4n) is 3.25. The van der Waals surface area contributed by atoms with E-state index in [1.807, 2.05) is 31.2 Å². The van der Waals surface area contributed by atoms with Gasteiger partial charge in [0.05, 0.1) is 19.3 Å². The lowest BCUT2D eigenvalue weighted by Gasteiger charge is -2.35. The number of rotatable bonds is 5. The van der Waals surface area contributed by atoms with Crippen molar-refractivity contribution < 1.29 is 9.53 Å². The van der Waals surface area contributed by atoms with Gasteiger partial charge >= 0.3 is 0 Å². The van der Waals surface area contributed by atoms with Gasteiger partial charge in [-0.05, 0) is 31.0 Å². The molecule has 1 N–H and O–H groups in total. The molecule has 1 heterocycles. The molecule has 0 unspecified atom stereocenters. The largest absolute Gasteiger partial charge is 0.379 e. The zero-order chi connectivity index (χ0) is 17.6. The van der Waals surface area contributed by atoms with Crippen molar-refractivity contribution in [1.82, 2.24) is 10.2 Å². The Balaban J connectivity index is 1.74. The molecule has 1 atom stereocenters. The van der Waals surface area contributed by atoms with Gasteiger partial charge in [-0.3, -0.25) is 9.69 Å². The summed E-state index contributed by atoms with van der Waals surface area (Å²) in [7, 11) is 0. The molecule has 2 aromatic carbocycles. The highest BCUT2D eigenvalue weighted by Crippen LogP contribution is 2.22. The highest BCUT2D eigenvalue weighted by Gasteiger charge is 2.23. The molecule has 0 saturated carbocycles. The molecule has 0 spiro atoms. The second-order valence-corrected chi connectivity index (χ2v) is 6.60. The SMILES string of the molecule is Cc1ccc([C@H](CNC(=O)c2ccccc2C)N2CCOCC2)cc1. The average molecular weight is 338 g/mol. The Hall–Kier alpha value is -2.17. The summed E-state index contributed by atoms with van der Waals surface area (Å²) in [5.41, 5.74) is 4.22. The number of nitrogens with one attached hydrogen (secondary N) is 1. The van der Waals surface area contributed by atoms with E-state index < -0.39 is 0 Å². The minimum absolute atomic E-state index is 0.0107. The van der Waals surface area contributed by atoms with E-state index in [9.17, 15) is 4.79 Å². The van der Waals surface area contributed by atoms with E-state index in [4.69, 9.17) is 4.74 Å². The van der Waals surface area contributed by atoms with Crippen LogP contribution in [0.5, 0.6) is 0 Å². The van der Waals surface area contributed by atoms with Gasteiger partial charge in [-0.15, -0.1) is 0 Å². The van der Waals surface area contributed by atoms with Gasteiger partial charge in [0.2, 0.25) is 0 Å². The number of carbonyl (C=O) groups is 1. The van der Waals surface area contributed by atoms with Crippen LogP contribution in [0.1, 0.15) is 33.1 Å². The van der Waals surface area contributed by atoms with E-state index in [1.54, 1.807) is 0 Å². The van der Waals surface area contributed by atoms with Gasteiger partial charge in [-0.1, -0.05) is 48.0 Å². The zero-order valence-corrected chi connectivity index (χ0v) is 15.0. The molecule has 3 rings (SSSR count). The van der Waals surface area contributed by atoms with Crippen molar-refractivity contribution in [1.29, 1.82) is 0 Å². The van der Waals surface area contributed by atoms with E-state index in [-0.39, 0.29) is 11.9 Å². The van der Waals surface area contributed by atoms with Crippen molar-refractivity contribution in [2.75, 3.05) is 32.8 Å². The molecule has 0 aliphatic carbocycles. The van der Waals surface area contributed by atoms with Crippen LogP contribution in [0.4, 0.5) is 0 Å². The summed E-state index contributed by atoms with van der Waals surface area (Å²) < 4.78 is 5.49. The number of benzene rings is 2. The Morgan fingerprint density at radius 2 is 1.76 bits per heavy atom. The molecule has 0 aromatic heterocycles. The van der Waals surface area contributed by atoms with Gasteiger partial charge in [0, 0.05) is 25.2 Å². The topological polar surface area (TPSA) is 41.6 Å². The Kier molecular flexibility index (Phi) is 5.84. The fraction of sp³-hybridized carbons (Fsp3) is 0.381. The van der Waals surface area contributed by atoms with Crippen molar-refractivity contribution >= 4 is 5.91 Å². The second kappa shape index (κ2) is 8.28. The molecule has 25 heavy (non-hydrogen) atoms. The molecule has 4 nitrogen and oxygen atoms in total. The van der Waals surface area contributed by atoms with Crippen molar-refractivity contribution in [3.05, 3.63) is 70.8 Å². The third kappa shape index (κ3) is 4.47. The maximum atomic E-state index is 12.6. The lowest BCUT2D eigenvalue weighted by Crippen LogP contribution is -2.43. The van der Waals surface area contributed by atoms with Crippen LogP contribution in [-0.4, -0.2) is 43.7 Å². The molecular formula is C21H26N2O2. The van der Waals surface area contributed by atoms with Crippen LogP contribution < -0.4 is 5.32 Å². The molecule has 1 fully saturated rings. The molecule has 132 valence electrons. The van der Waals surface area contributed by atoms with Crippen LogP contribution in [0.3, 0.4) is 0 Å². The smallest absolute Gasteiger partial charge is 0.251 e. The zero-order valence-electron chi connectivity index (χ0n) is 15.0. The molecule has 2 aromatic rings. The quantitative estimate of drug-likeness (QED) is 0.911. The predicted molar refractivity (Wildman–Crippen MR) is 99.8 cm³/mol. The summed E-state index contributed by atoms with van der Waals surface area (Å²) in [6.07, 6.45) is 0. The number of morpholine rings is 1. The number of amides is 1. The molecule has 0 bridgehead atoms. The molecular weight excluding hydrogens is 312 g/mol. The molecule has 1 aliphatic rings. The highest BCUT2D eigenvalue weighted by molar-refractivity contribution is 5.95. The maximum Gasteiger partial charge on any atom is 0.251 e. The minimum Gasteiger partial charge on any atom is -0.379 e.